The van der Waals surface area contributed by atoms with E-state index in [-0.39, 0.29) is 5.91 Å². The first-order chi connectivity index (χ1) is 6.34. The van der Waals surface area contributed by atoms with Crippen LogP contribution in [-0.2, 0) is 9.59 Å². The summed E-state index contributed by atoms with van der Waals surface area (Å²) in [5.74, 6) is -0.581. The number of hydrogen-bond acceptors (Lipinski definition) is 3. The number of nitrogens with one attached hydrogen (secondary N) is 1. The summed E-state index contributed by atoms with van der Waals surface area (Å²) >= 11 is 0. The lowest BCUT2D eigenvalue weighted by atomic mass is 10.0. The molecule has 82 valence electrons. The maximum atomic E-state index is 11.2. The SMILES string of the molecule is CC(C)C[C@@H](NC(=O)[C@@H](C)N)C(N)=O. The Morgan fingerprint density at radius 3 is 2.07 bits per heavy atom. The Morgan fingerprint density at radius 2 is 1.79 bits per heavy atom. The highest BCUT2D eigenvalue weighted by molar-refractivity contribution is 5.88. The Balaban J connectivity index is 4.23. The molecule has 0 saturated carbocycles. The minimum atomic E-state index is -0.621. The number of primary amides is 1. The van der Waals surface area contributed by atoms with E-state index in [1.807, 2.05) is 13.8 Å². The zero-order valence-corrected chi connectivity index (χ0v) is 8.91. The molecular weight excluding hydrogens is 182 g/mol. The molecule has 0 heterocycles. The smallest absolute Gasteiger partial charge is 0.240 e. The number of nitrogens with two attached hydrogens (primary N) is 2. The van der Waals surface area contributed by atoms with Crippen molar-refractivity contribution in [3.05, 3.63) is 0 Å². The van der Waals surface area contributed by atoms with Gasteiger partial charge in [0, 0.05) is 0 Å². The van der Waals surface area contributed by atoms with Gasteiger partial charge in [-0.05, 0) is 19.3 Å². The zero-order chi connectivity index (χ0) is 11.3. The van der Waals surface area contributed by atoms with Gasteiger partial charge in [0.25, 0.3) is 0 Å². The first kappa shape index (κ1) is 12.9. The highest BCUT2D eigenvalue weighted by Gasteiger charge is 2.20. The van der Waals surface area contributed by atoms with Gasteiger partial charge in [-0.15, -0.1) is 0 Å². The number of carbonyl (C=O) groups excluding carboxylic acids is 2. The summed E-state index contributed by atoms with van der Waals surface area (Å²) in [6, 6.07) is -1.24. The van der Waals surface area contributed by atoms with Crippen LogP contribution in [0.3, 0.4) is 0 Å². The number of carbonyl (C=O) groups is 2. The molecule has 5 nitrogen and oxygen atoms in total. The third-order valence-electron chi connectivity index (χ3n) is 1.78. The molecule has 5 heteroatoms. The van der Waals surface area contributed by atoms with Gasteiger partial charge in [0.05, 0.1) is 6.04 Å². The van der Waals surface area contributed by atoms with E-state index in [0.29, 0.717) is 12.3 Å². The monoisotopic (exact) mass is 201 g/mol. The first-order valence-corrected chi connectivity index (χ1v) is 4.69. The van der Waals surface area contributed by atoms with Crippen LogP contribution < -0.4 is 16.8 Å². The minimum absolute atomic E-state index is 0.292. The molecule has 0 fully saturated rings. The van der Waals surface area contributed by atoms with Crippen LogP contribution in [0.15, 0.2) is 0 Å². The summed E-state index contributed by atoms with van der Waals surface area (Å²) in [5, 5.41) is 2.51. The number of amides is 2. The zero-order valence-electron chi connectivity index (χ0n) is 8.91. The van der Waals surface area contributed by atoms with Gasteiger partial charge in [0.2, 0.25) is 11.8 Å². The molecule has 0 aromatic carbocycles. The Labute approximate surface area is 84.2 Å². The molecule has 0 rings (SSSR count). The van der Waals surface area contributed by atoms with Crippen molar-refractivity contribution in [3.63, 3.8) is 0 Å². The van der Waals surface area contributed by atoms with E-state index in [0.717, 1.165) is 0 Å². The van der Waals surface area contributed by atoms with E-state index in [2.05, 4.69) is 5.32 Å². The van der Waals surface area contributed by atoms with Crippen LogP contribution in [0.2, 0.25) is 0 Å². The second kappa shape index (κ2) is 5.59. The van der Waals surface area contributed by atoms with Crippen LogP contribution in [-0.4, -0.2) is 23.9 Å². The highest BCUT2D eigenvalue weighted by atomic mass is 16.2. The van der Waals surface area contributed by atoms with Gasteiger partial charge in [-0.2, -0.15) is 0 Å². The van der Waals surface area contributed by atoms with Crippen LogP contribution in [0.25, 0.3) is 0 Å². The number of hydrogen-bond donors (Lipinski definition) is 3. The van der Waals surface area contributed by atoms with Gasteiger partial charge in [0.15, 0.2) is 0 Å². The fourth-order valence-electron chi connectivity index (χ4n) is 1.02. The molecule has 0 aromatic rings. The van der Waals surface area contributed by atoms with Gasteiger partial charge in [-0.25, -0.2) is 0 Å². The summed E-state index contributed by atoms with van der Waals surface area (Å²) in [4.78, 5) is 22.2. The van der Waals surface area contributed by atoms with E-state index in [4.69, 9.17) is 11.5 Å². The molecule has 0 aliphatic heterocycles. The first-order valence-electron chi connectivity index (χ1n) is 4.69. The average Bonchev–Trinajstić information content (AvgIpc) is 2.01. The molecule has 5 N–H and O–H groups in total. The van der Waals surface area contributed by atoms with Crippen molar-refractivity contribution < 1.29 is 9.59 Å². The van der Waals surface area contributed by atoms with Gasteiger partial charge < -0.3 is 16.8 Å². The topological polar surface area (TPSA) is 98.2 Å². The molecule has 2 amide bonds. The van der Waals surface area contributed by atoms with Crippen molar-refractivity contribution in [2.75, 3.05) is 0 Å². The van der Waals surface area contributed by atoms with E-state index < -0.39 is 18.0 Å². The molecule has 0 radical (unpaired) electrons. The lowest BCUT2D eigenvalue weighted by molar-refractivity contribution is -0.128. The third kappa shape index (κ3) is 4.81. The Morgan fingerprint density at radius 1 is 1.29 bits per heavy atom. The molecule has 0 spiro atoms. The third-order valence-corrected chi connectivity index (χ3v) is 1.78. The number of rotatable bonds is 5. The molecular formula is C9H19N3O2. The summed E-state index contributed by atoms with van der Waals surface area (Å²) in [5.41, 5.74) is 10.5. The van der Waals surface area contributed by atoms with Crippen LogP contribution in [0.5, 0.6) is 0 Å². The fourth-order valence-corrected chi connectivity index (χ4v) is 1.02. The molecule has 0 aliphatic carbocycles. The highest BCUT2D eigenvalue weighted by Crippen LogP contribution is 2.04. The Kier molecular flexibility index (Phi) is 5.15. The normalized spacial score (nSPS) is 14.9. The summed E-state index contributed by atoms with van der Waals surface area (Å²) in [6.07, 6.45) is 0.536. The Bertz CT molecular complexity index is 214. The summed E-state index contributed by atoms with van der Waals surface area (Å²) in [6.45, 7) is 5.46. The minimum Gasteiger partial charge on any atom is -0.368 e. The maximum absolute atomic E-state index is 11.2. The lowest BCUT2D eigenvalue weighted by Gasteiger charge is -2.18. The second-order valence-corrected chi connectivity index (χ2v) is 3.88. The standard InChI is InChI=1S/C9H19N3O2/c1-5(2)4-7(8(11)13)12-9(14)6(3)10/h5-7H,4,10H2,1-3H3,(H2,11,13)(H,12,14)/t6-,7-/m1/s1. The van der Waals surface area contributed by atoms with Crippen molar-refractivity contribution in [2.45, 2.75) is 39.3 Å². The van der Waals surface area contributed by atoms with Crippen LogP contribution in [0.4, 0.5) is 0 Å². The van der Waals surface area contributed by atoms with Gasteiger partial charge >= 0.3 is 0 Å². The Hall–Kier alpha value is -1.10. The van der Waals surface area contributed by atoms with E-state index in [1.54, 1.807) is 6.92 Å². The van der Waals surface area contributed by atoms with Crippen LogP contribution in [0.1, 0.15) is 27.2 Å². The average molecular weight is 201 g/mol. The molecule has 0 saturated heterocycles. The predicted octanol–water partition coefficient (Wildman–Crippen LogP) is -0.650. The van der Waals surface area contributed by atoms with Crippen molar-refractivity contribution in [2.24, 2.45) is 17.4 Å². The molecule has 0 bridgehead atoms. The molecule has 0 aliphatic rings. The second-order valence-electron chi connectivity index (χ2n) is 3.88. The molecule has 14 heavy (non-hydrogen) atoms. The van der Waals surface area contributed by atoms with Crippen LogP contribution in [0, 0.1) is 5.92 Å². The van der Waals surface area contributed by atoms with Crippen molar-refractivity contribution in [1.29, 1.82) is 0 Å². The lowest BCUT2D eigenvalue weighted by Crippen LogP contribution is -2.49. The quantitative estimate of drug-likeness (QED) is 0.551. The van der Waals surface area contributed by atoms with E-state index in [1.165, 1.54) is 0 Å². The van der Waals surface area contributed by atoms with Gasteiger partial charge in [-0.3, -0.25) is 9.59 Å². The molecule has 2 atom stereocenters. The largest absolute Gasteiger partial charge is 0.368 e. The maximum Gasteiger partial charge on any atom is 0.240 e. The predicted molar refractivity (Wildman–Crippen MR) is 54.2 cm³/mol. The summed E-state index contributed by atoms with van der Waals surface area (Å²) in [7, 11) is 0. The molecule has 0 unspecified atom stereocenters. The summed E-state index contributed by atoms with van der Waals surface area (Å²) < 4.78 is 0. The van der Waals surface area contributed by atoms with Crippen molar-refractivity contribution in [3.8, 4) is 0 Å². The van der Waals surface area contributed by atoms with E-state index >= 15 is 0 Å². The van der Waals surface area contributed by atoms with E-state index in [9.17, 15) is 9.59 Å². The van der Waals surface area contributed by atoms with Gasteiger partial charge in [0.1, 0.15) is 6.04 Å². The van der Waals surface area contributed by atoms with Crippen LogP contribution >= 0.6 is 0 Å². The van der Waals surface area contributed by atoms with Gasteiger partial charge in [-0.1, -0.05) is 13.8 Å². The van der Waals surface area contributed by atoms with Crippen molar-refractivity contribution in [1.82, 2.24) is 5.32 Å². The molecule has 0 aromatic heterocycles. The van der Waals surface area contributed by atoms with Crippen molar-refractivity contribution >= 4 is 11.8 Å². The fraction of sp³-hybridized carbons (Fsp3) is 0.778.